The van der Waals surface area contributed by atoms with Crippen molar-refractivity contribution < 1.29 is 5.11 Å². The van der Waals surface area contributed by atoms with Gasteiger partial charge in [-0.1, -0.05) is 30.3 Å². The van der Waals surface area contributed by atoms with E-state index in [4.69, 9.17) is 22.3 Å². The molecule has 1 aromatic rings. The van der Waals surface area contributed by atoms with Crippen molar-refractivity contribution in [2.75, 3.05) is 6.61 Å². The van der Waals surface area contributed by atoms with E-state index in [1.807, 2.05) is 37.3 Å². The molecule has 100 valence electrons. The van der Waals surface area contributed by atoms with Gasteiger partial charge in [-0.25, -0.2) is 0 Å². The first-order chi connectivity index (χ1) is 8.52. The maximum absolute atomic E-state index is 8.90. The lowest BCUT2D eigenvalue weighted by atomic mass is 10.00. The summed E-state index contributed by atoms with van der Waals surface area (Å²) >= 11 is 0. The number of aliphatic hydroxyl groups is 1. The Morgan fingerprint density at radius 1 is 1.28 bits per heavy atom. The Morgan fingerprint density at radius 2 is 1.89 bits per heavy atom. The molecule has 0 fully saturated rings. The van der Waals surface area contributed by atoms with Crippen LogP contribution in [0.1, 0.15) is 30.5 Å². The van der Waals surface area contributed by atoms with E-state index >= 15 is 0 Å². The highest BCUT2D eigenvalue weighted by Gasteiger charge is 2.06. The number of hydrogen-bond acceptors (Lipinski definition) is 4. The predicted octanol–water partition coefficient (Wildman–Crippen LogP) is 0.801. The fraction of sp³-hybridized carbons (Fsp3) is 0.429. The fourth-order valence-electron chi connectivity index (χ4n) is 1.72. The maximum atomic E-state index is 8.90. The quantitative estimate of drug-likeness (QED) is 0.599. The van der Waals surface area contributed by atoms with Gasteiger partial charge in [0, 0.05) is 17.8 Å². The Morgan fingerprint density at radius 3 is 2.39 bits per heavy atom. The van der Waals surface area contributed by atoms with E-state index in [0.717, 1.165) is 23.2 Å². The lowest BCUT2D eigenvalue weighted by molar-refractivity contribution is 0.265. The van der Waals surface area contributed by atoms with Crippen LogP contribution in [0.5, 0.6) is 0 Å². The first-order valence-corrected chi connectivity index (χ1v) is 6.16. The van der Waals surface area contributed by atoms with E-state index in [1.165, 1.54) is 0 Å². The molecule has 0 amide bonds. The summed E-state index contributed by atoms with van der Waals surface area (Å²) in [5.41, 5.74) is 20.3. The number of allylic oxidation sites excluding steroid dienone is 1. The van der Waals surface area contributed by atoms with Gasteiger partial charge in [-0.2, -0.15) is 0 Å². The highest BCUT2D eigenvalue weighted by Crippen LogP contribution is 2.16. The summed E-state index contributed by atoms with van der Waals surface area (Å²) in [6.07, 6.45) is 3.34. The third-order valence-corrected chi connectivity index (χ3v) is 2.83. The molecule has 0 aliphatic rings. The number of nitrogens with two attached hydrogens (primary N) is 3. The van der Waals surface area contributed by atoms with Crippen LogP contribution < -0.4 is 17.2 Å². The topological polar surface area (TPSA) is 98.3 Å². The zero-order chi connectivity index (χ0) is 13.5. The number of aliphatic hydroxyl groups excluding tert-OH is 1. The molecule has 0 radical (unpaired) electrons. The zero-order valence-electron chi connectivity index (χ0n) is 10.8. The Bertz CT molecular complexity index is 383. The molecule has 18 heavy (non-hydrogen) atoms. The summed E-state index contributed by atoms with van der Waals surface area (Å²) in [6, 6.07) is 7.78. The molecule has 0 saturated carbocycles. The lowest BCUT2D eigenvalue weighted by Crippen LogP contribution is -2.26. The second kappa shape index (κ2) is 7.16. The first-order valence-electron chi connectivity index (χ1n) is 6.16. The molecular weight excluding hydrogens is 226 g/mol. The summed E-state index contributed by atoms with van der Waals surface area (Å²) in [5, 5.41) is 8.90. The van der Waals surface area contributed by atoms with Gasteiger partial charge in [-0.15, -0.1) is 0 Å². The van der Waals surface area contributed by atoms with E-state index in [-0.39, 0.29) is 18.7 Å². The van der Waals surface area contributed by atoms with Crippen LogP contribution in [0.25, 0.3) is 0 Å². The molecule has 4 nitrogen and oxygen atoms in total. The van der Waals surface area contributed by atoms with Crippen LogP contribution in [0.4, 0.5) is 0 Å². The zero-order valence-corrected chi connectivity index (χ0v) is 10.8. The van der Waals surface area contributed by atoms with Gasteiger partial charge >= 0.3 is 0 Å². The van der Waals surface area contributed by atoms with Gasteiger partial charge in [0.15, 0.2) is 0 Å². The minimum absolute atomic E-state index is 0.00182. The van der Waals surface area contributed by atoms with Crippen molar-refractivity contribution in [3.63, 3.8) is 0 Å². The minimum atomic E-state index is -0.202. The molecule has 2 atom stereocenters. The van der Waals surface area contributed by atoms with Crippen molar-refractivity contribution in [1.29, 1.82) is 0 Å². The van der Waals surface area contributed by atoms with Crippen molar-refractivity contribution in [1.82, 2.24) is 0 Å². The van der Waals surface area contributed by atoms with Crippen LogP contribution in [0.3, 0.4) is 0 Å². The molecular formula is C14H23N3O. The highest BCUT2D eigenvalue weighted by molar-refractivity contribution is 5.26. The van der Waals surface area contributed by atoms with Gasteiger partial charge in [0.1, 0.15) is 0 Å². The SMILES string of the molecule is C/C(N)=C\CC(N)c1ccc(CC(N)CO)cc1. The normalized spacial score (nSPS) is 15.4. The molecule has 0 aromatic heterocycles. The average molecular weight is 249 g/mol. The second-order valence-corrected chi connectivity index (χ2v) is 4.68. The highest BCUT2D eigenvalue weighted by atomic mass is 16.3. The molecule has 7 N–H and O–H groups in total. The Balaban J connectivity index is 2.61. The maximum Gasteiger partial charge on any atom is 0.0585 e. The van der Waals surface area contributed by atoms with Gasteiger partial charge < -0.3 is 22.3 Å². The van der Waals surface area contributed by atoms with Crippen LogP contribution in [-0.2, 0) is 6.42 Å². The number of benzene rings is 1. The predicted molar refractivity (Wildman–Crippen MR) is 74.7 cm³/mol. The van der Waals surface area contributed by atoms with Gasteiger partial charge in [0.2, 0.25) is 0 Å². The fourth-order valence-corrected chi connectivity index (χ4v) is 1.72. The van der Waals surface area contributed by atoms with Gasteiger partial charge in [-0.3, -0.25) is 0 Å². The molecule has 1 aromatic carbocycles. The summed E-state index contributed by atoms with van der Waals surface area (Å²) in [4.78, 5) is 0. The molecule has 0 saturated heterocycles. The largest absolute Gasteiger partial charge is 0.403 e. The summed E-state index contributed by atoms with van der Waals surface area (Å²) in [6.45, 7) is 1.86. The third-order valence-electron chi connectivity index (χ3n) is 2.83. The van der Waals surface area contributed by atoms with Crippen molar-refractivity contribution in [2.45, 2.75) is 31.8 Å². The van der Waals surface area contributed by atoms with E-state index in [1.54, 1.807) is 0 Å². The van der Waals surface area contributed by atoms with Crippen LogP contribution in [0, 0.1) is 0 Å². The monoisotopic (exact) mass is 249 g/mol. The molecule has 0 spiro atoms. The van der Waals surface area contributed by atoms with Crippen molar-refractivity contribution >= 4 is 0 Å². The molecule has 4 heteroatoms. The number of hydrogen-bond donors (Lipinski definition) is 4. The van der Waals surface area contributed by atoms with E-state index in [0.29, 0.717) is 6.42 Å². The van der Waals surface area contributed by atoms with Crippen LogP contribution in [0.2, 0.25) is 0 Å². The Hall–Kier alpha value is -1.36. The van der Waals surface area contributed by atoms with Crippen molar-refractivity contribution in [2.24, 2.45) is 17.2 Å². The van der Waals surface area contributed by atoms with Crippen molar-refractivity contribution in [3.05, 3.63) is 47.2 Å². The summed E-state index contributed by atoms with van der Waals surface area (Å²) < 4.78 is 0. The van der Waals surface area contributed by atoms with Crippen LogP contribution in [0.15, 0.2) is 36.0 Å². The van der Waals surface area contributed by atoms with E-state index in [2.05, 4.69) is 0 Å². The molecule has 1 rings (SSSR count). The summed E-state index contributed by atoms with van der Waals surface area (Å²) in [5.74, 6) is 0. The van der Waals surface area contributed by atoms with Gasteiger partial charge in [0.05, 0.1) is 6.61 Å². The van der Waals surface area contributed by atoms with E-state index < -0.39 is 0 Å². The van der Waals surface area contributed by atoms with Crippen molar-refractivity contribution in [3.8, 4) is 0 Å². The Kier molecular flexibility index (Phi) is 5.85. The van der Waals surface area contributed by atoms with Gasteiger partial charge in [0.25, 0.3) is 0 Å². The average Bonchev–Trinajstić information content (AvgIpc) is 2.36. The lowest BCUT2D eigenvalue weighted by Gasteiger charge is -2.12. The number of rotatable bonds is 6. The second-order valence-electron chi connectivity index (χ2n) is 4.68. The van der Waals surface area contributed by atoms with Gasteiger partial charge in [-0.05, 0) is 30.9 Å². The van der Waals surface area contributed by atoms with E-state index in [9.17, 15) is 0 Å². The minimum Gasteiger partial charge on any atom is -0.403 e. The smallest absolute Gasteiger partial charge is 0.0585 e. The standard InChI is InChI=1S/C14H23N3O/c1-10(15)2-7-14(17)12-5-3-11(4-6-12)8-13(16)9-18/h2-6,13-14,18H,7-9,15-17H2,1H3/b10-2+. The molecule has 0 aliphatic heterocycles. The van der Waals surface area contributed by atoms with Crippen LogP contribution in [-0.4, -0.2) is 17.8 Å². The molecule has 0 heterocycles. The van der Waals surface area contributed by atoms with Crippen LogP contribution >= 0.6 is 0 Å². The molecule has 0 aliphatic carbocycles. The summed E-state index contributed by atoms with van der Waals surface area (Å²) in [7, 11) is 0. The molecule has 2 unspecified atom stereocenters. The molecule has 0 bridgehead atoms. The third kappa shape index (κ3) is 4.87. The Labute approximate surface area is 108 Å². The first kappa shape index (κ1) is 14.7.